The maximum Gasteiger partial charge on any atom is 0.226 e. The maximum atomic E-state index is 12.6. The van der Waals surface area contributed by atoms with Gasteiger partial charge in [0, 0.05) is 18.5 Å². The molecule has 2 saturated heterocycles. The Kier molecular flexibility index (Phi) is 5.04. The lowest BCUT2D eigenvalue weighted by atomic mass is 9.92. The number of carbonyl (C=O) groups is 1. The molecule has 0 aliphatic carbocycles. The first-order valence-corrected chi connectivity index (χ1v) is 7.75. The van der Waals surface area contributed by atoms with E-state index in [0.29, 0.717) is 23.8 Å². The van der Waals surface area contributed by atoms with E-state index in [1.807, 2.05) is 0 Å². The van der Waals surface area contributed by atoms with Gasteiger partial charge in [0.25, 0.3) is 0 Å². The zero-order valence-electron chi connectivity index (χ0n) is 12.0. The summed E-state index contributed by atoms with van der Waals surface area (Å²) in [5.41, 5.74) is 0. The first-order valence-electron chi connectivity index (χ1n) is 7.75. The molecule has 0 aromatic rings. The average Bonchev–Trinajstić information content (AvgIpc) is 2.88. The number of amides is 1. The summed E-state index contributed by atoms with van der Waals surface area (Å²) in [6.45, 7) is 7.59. The molecule has 18 heavy (non-hydrogen) atoms. The Morgan fingerprint density at radius 2 is 2.06 bits per heavy atom. The molecule has 0 aromatic heterocycles. The lowest BCUT2D eigenvalue weighted by Crippen LogP contribution is -2.45. The van der Waals surface area contributed by atoms with Crippen LogP contribution in [0, 0.1) is 11.8 Å². The van der Waals surface area contributed by atoms with Crippen molar-refractivity contribution in [1.82, 2.24) is 10.2 Å². The fourth-order valence-corrected chi connectivity index (χ4v) is 3.61. The van der Waals surface area contributed by atoms with Crippen LogP contribution in [-0.2, 0) is 4.79 Å². The largest absolute Gasteiger partial charge is 0.339 e. The second kappa shape index (κ2) is 6.55. The topological polar surface area (TPSA) is 32.3 Å². The lowest BCUT2D eigenvalue weighted by molar-refractivity contribution is -0.138. The monoisotopic (exact) mass is 252 g/mol. The van der Waals surface area contributed by atoms with Crippen LogP contribution in [0.3, 0.4) is 0 Å². The molecule has 2 fully saturated rings. The molecule has 3 nitrogen and oxygen atoms in total. The predicted octanol–water partition coefficient (Wildman–Crippen LogP) is 2.41. The van der Waals surface area contributed by atoms with E-state index in [-0.39, 0.29) is 0 Å². The Balaban J connectivity index is 1.95. The van der Waals surface area contributed by atoms with E-state index in [1.54, 1.807) is 0 Å². The summed E-state index contributed by atoms with van der Waals surface area (Å²) >= 11 is 0. The van der Waals surface area contributed by atoms with Crippen LogP contribution < -0.4 is 5.32 Å². The summed E-state index contributed by atoms with van der Waals surface area (Å²) in [6.07, 6.45) is 6.97. The van der Waals surface area contributed by atoms with Crippen molar-refractivity contribution in [3.05, 3.63) is 0 Å². The Morgan fingerprint density at radius 3 is 2.72 bits per heavy atom. The van der Waals surface area contributed by atoms with E-state index in [4.69, 9.17) is 0 Å². The molecule has 0 radical (unpaired) electrons. The number of rotatable bonds is 4. The molecule has 2 atom stereocenters. The van der Waals surface area contributed by atoms with Gasteiger partial charge in [-0.1, -0.05) is 20.3 Å². The highest BCUT2D eigenvalue weighted by Gasteiger charge is 2.35. The molecule has 2 rings (SSSR count). The predicted molar refractivity (Wildman–Crippen MR) is 74.4 cm³/mol. The number of likely N-dealkylation sites (tertiary alicyclic amines) is 1. The molecule has 1 N–H and O–H groups in total. The quantitative estimate of drug-likeness (QED) is 0.833. The van der Waals surface area contributed by atoms with Crippen LogP contribution in [0.1, 0.15) is 52.4 Å². The van der Waals surface area contributed by atoms with Gasteiger partial charge in [0.15, 0.2) is 0 Å². The van der Waals surface area contributed by atoms with E-state index in [0.717, 1.165) is 32.5 Å². The number of piperidine rings is 1. The van der Waals surface area contributed by atoms with Crippen molar-refractivity contribution in [3.63, 3.8) is 0 Å². The van der Waals surface area contributed by atoms with Gasteiger partial charge in [-0.05, 0) is 51.1 Å². The molecular weight excluding hydrogens is 224 g/mol. The van der Waals surface area contributed by atoms with Crippen molar-refractivity contribution in [2.24, 2.45) is 11.8 Å². The van der Waals surface area contributed by atoms with E-state index in [2.05, 4.69) is 24.1 Å². The average molecular weight is 252 g/mol. The number of hydrogen-bond acceptors (Lipinski definition) is 2. The van der Waals surface area contributed by atoms with Gasteiger partial charge in [-0.15, -0.1) is 0 Å². The van der Waals surface area contributed by atoms with E-state index < -0.39 is 0 Å². The van der Waals surface area contributed by atoms with Gasteiger partial charge >= 0.3 is 0 Å². The number of nitrogens with one attached hydrogen (secondary N) is 1. The van der Waals surface area contributed by atoms with E-state index in [1.165, 1.54) is 25.7 Å². The Morgan fingerprint density at radius 1 is 1.33 bits per heavy atom. The summed E-state index contributed by atoms with van der Waals surface area (Å²) in [4.78, 5) is 14.8. The van der Waals surface area contributed by atoms with Crippen molar-refractivity contribution >= 4 is 5.91 Å². The molecule has 0 spiro atoms. The molecular formula is C15H28N2O. The van der Waals surface area contributed by atoms with Crippen molar-refractivity contribution in [1.29, 1.82) is 0 Å². The standard InChI is InChI=1S/C15H28N2O/c1-3-5-12(2)14-6-4-11-17(14)15(18)13-7-9-16-10-8-13/h12-14,16H,3-11H2,1-2H3. The van der Waals surface area contributed by atoms with Crippen LogP contribution in [0.2, 0.25) is 0 Å². The van der Waals surface area contributed by atoms with Gasteiger partial charge in [0.2, 0.25) is 5.91 Å². The highest BCUT2D eigenvalue weighted by atomic mass is 16.2. The third kappa shape index (κ3) is 3.05. The number of carbonyl (C=O) groups excluding carboxylic acids is 1. The Bertz CT molecular complexity index is 274. The molecule has 0 bridgehead atoms. The van der Waals surface area contributed by atoms with E-state index in [9.17, 15) is 4.79 Å². The summed E-state index contributed by atoms with van der Waals surface area (Å²) < 4.78 is 0. The fourth-order valence-electron chi connectivity index (χ4n) is 3.61. The van der Waals surface area contributed by atoms with Gasteiger partial charge in [-0.2, -0.15) is 0 Å². The molecule has 2 aliphatic rings. The highest BCUT2D eigenvalue weighted by molar-refractivity contribution is 5.79. The molecule has 0 aromatic carbocycles. The zero-order chi connectivity index (χ0) is 13.0. The minimum absolute atomic E-state index is 0.292. The van der Waals surface area contributed by atoms with Gasteiger partial charge < -0.3 is 10.2 Å². The number of hydrogen-bond donors (Lipinski definition) is 1. The summed E-state index contributed by atoms with van der Waals surface area (Å²) in [7, 11) is 0. The third-order valence-corrected chi connectivity index (χ3v) is 4.67. The highest BCUT2D eigenvalue weighted by Crippen LogP contribution is 2.29. The molecule has 0 saturated carbocycles. The van der Waals surface area contributed by atoms with Gasteiger partial charge in [0.1, 0.15) is 0 Å². The smallest absolute Gasteiger partial charge is 0.226 e. The molecule has 3 heteroatoms. The second-order valence-corrected chi connectivity index (χ2v) is 6.03. The Hall–Kier alpha value is -0.570. The van der Waals surface area contributed by atoms with Crippen molar-refractivity contribution < 1.29 is 4.79 Å². The number of nitrogens with zero attached hydrogens (tertiary/aromatic N) is 1. The first kappa shape index (κ1) is 13.9. The van der Waals surface area contributed by atoms with Crippen molar-refractivity contribution in [2.75, 3.05) is 19.6 Å². The molecule has 2 aliphatic heterocycles. The maximum absolute atomic E-state index is 12.6. The minimum Gasteiger partial charge on any atom is -0.339 e. The van der Waals surface area contributed by atoms with Crippen LogP contribution in [0.5, 0.6) is 0 Å². The van der Waals surface area contributed by atoms with Crippen LogP contribution in [0.25, 0.3) is 0 Å². The summed E-state index contributed by atoms with van der Waals surface area (Å²) in [6, 6.07) is 0.521. The fraction of sp³-hybridized carbons (Fsp3) is 0.933. The minimum atomic E-state index is 0.292. The van der Waals surface area contributed by atoms with Crippen LogP contribution in [0.15, 0.2) is 0 Å². The second-order valence-electron chi connectivity index (χ2n) is 6.03. The van der Waals surface area contributed by atoms with Gasteiger partial charge in [-0.3, -0.25) is 4.79 Å². The van der Waals surface area contributed by atoms with Crippen molar-refractivity contribution in [3.8, 4) is 0 Å². The summed E-state index contributed by atoms with van der Waals surface area (Å²) in [5, 5.41) is 3.34. The van der Waals surface area contributed by atoms with Crippen molar-refractivity contribution in [2.45, 2.75) is 58.4 Å². The molecule has 104 valence electrons. The third-order valence-electron chi connectivity index (χ3n) is 4.67. The van der Waals surface area contributed by atoms with Crippen LogP contribution >= 0.6 is 0 Å². The summed E-state index contributed by atoms with van der Waals surface area (Å²) in [5.74, 6) is 1.41. The van der Waals surface area contributed by atoms with E-state index >= 15 is 0 Å². The SMILES string of the molecule is CCCC(C)C1CCCN1C(=O)C1CCNCC1. The Labute approximate surface area is 111 Å². The normalized spacial score (nSPS) is 27.4. The molecule has 1 amide bonds. The first-order chi connectivity index (χ1) is 8.74. The lowest BCUT2D eigenvalue weighted by Gasteiger charge is -2.33. The molecule has 2 heterocycles. The molecule has 2 unspecified atom stereocenters. The van der Waals surface area contributed by atoms with Crippen LogP contribution in [-0.4, -0.2) is 36.5 Å². The van der Waals surface area contributed by atoms with Crippen LogP contribution in [0.4, 0.5) is 0 Å². The van der Waals surface area contributed by atoms with Gasteiger partial charge in [-0.25, -0.2) is 0 Å². The zero-order valence-corrected chi connectivity index (χ0v) is 12.0. The van der Waals surface area contributed by atoms with Gasteiger partial charge in [0.05, 0.1) is 0 Å².